The fraction of sp³-hybridized carbons (Fsp3) is 0.435. The van der Waals surface area contributed by atoms with Gasteiger partial charge < -0.3 is 5.32 Å². The van der Waals surface area contributed by atoms with Crippen LogP contribution in [0.4, 0.5) is 5.69 Å². The number of rotatable bonds is 5. The summed E-state index contributed by atoms with van der Waals surface area (Å²) in [6, 6.07) is 10.8. The molecule has 0 aromatic heterocycles. The summed E-state index contributed by atoms with van der Waals surface area (Å²) in [6.07, 6.45) is 2.82. The molecule has 0 spiro atoms. The Hall–Kier alpha value is -2.18. The van der Waals surface area contributed by atoms with Gasteiger partial charge in [0.2, 0.25) is 10.0 Å². The number of anilines is 1. The number of carbonyl (C=O) groups excluding carboxylic acids is 1. The van der Waals surface area contributed by atoms with Gasteiger partial charge in [-0.3, -0.25) is 4.79 Å². The van der Waals surface area contributed by atoms with E-state index in [1.807, 2.05) is 32.0 Å². The summed E-state index contributed by atoms with van der Waals surface area (Å²) >= 11 is 0. The number of sulfonamides is 1. The van der Waals surface area contributed by atoms with Gasteiger partial charge in [-0.2, -0.15) is 4.31 Å². The minimum atomic E-state index is -3.58. The van der Waals surface area contributed by atoms with Crippen LogP contribution in [0.3, 0.4) is 0 Å². The van der Waals surface area contributed by atoms with Crippen LogP contribution in [0.25, 0.3) is 0 Å². The van der Waals surface area contributed by atoms with Crippen LogP contribution < -0.4 is 5.32 Å². The summed E-state index contributed by atoms with van der Waals surface area (Å²) in [6.45, 7) is 9.04. The van der Waals surface area contributed by atoms with Crippen molar-refractivity contribution in [1.82, 2.24) is 4.31 Å². The second-order valence-corrected chi connectivity index (χ2v) is 10.0. The number of amides is 1. The lowest BCUT2D eigenvalue weighted by Crippen LogP contribution is -2.35. The number of hydrogen-bond donors (Lipinski definition) is 1. The molecule has 5 nitrogen and oxygen atoms in total. The van der Waals surface area contributed by atoms with Crippen molar-refractivity contribution in [2.45, 2.75) is 57.8 Å². The highest BCUT2D eigenvalue weighted by Crippen LogP contribution is 2.29. The largest absolute Gasteiger partial charge is 0.321 e. The van der Waals surface area contributed by atoms with Crippen molar-refractivity contribution in [3.05, 3.63) is 58.7 Å². The van der Waals surface area contributed by atoms with Crippen molar-refractivity contribution in [1.29, 1.82) is 0 Å². The standard InChI is InChI=1S/C23H30N2O3S/c1-16(2)20-10-8-9-18(4)22(20)24-23(26)21-15-19(12-11-17(21)3)29(27,28)25-13-6-5-7-14-25/h8-12,15-16H,5-7,13-14H2,1-4H3,(H,24,26). The first-order valence-corrected chi connectivity index (χ1v) is 11.7. The zero-order valence-electron chi connectivity index (χ0n) is 17.7. The van der Waals surface area contributed by atoms with Gasteiger partial charge in [0.1, 0.15) is 0 Å². The van der Waals surface area contributed by atoms with Gasteiger partial charge in [-0.15, -0.1) is 0 Å². The van der Waals surface area contributed by atoms with Crippen LogP contribution in [0.1, 0.15) is 66.1 Å². The molecule has 156 valence electrons. The summed E-state index contributed by atoms with van der Waals surface area (Å²) in [5, 5.41) is 3.03. The molecule has 3 rings (SSSR count). The molecule has 0 aliphatic carbocycles. The van der Waals surface area contributed by atoms with Gasteiger partial charge in [-0.25, -0.2) is 8.42 Å². The third-order valence-corrected chi connectivity index (χ3v) is 7.47. The third-order valence-electron chi connectivity index (χ3n) is 5.57. The molecular weight excluding hydrogens is 384 g/mol. The highest BCUT2D eigenvalue weighted by Gasteiger charge is 2.27. The van der Waals surface area contributed by atoms with Crippen molar-refractivity contribution in [3.63, 3.8) is 0 Å². The SMILES string of the molecule is Cc1ccc(S(=O)(=O)N2CCCCC2)cc1C(=O)Nc1c(C)cccc1C(C)C. The second kappa shape index (κ2) is 8.67. The molecule has 1 fully saturated rings. The predicted octanol–water partition coefficient (Wildman–Crippen LogP) is 4.85. The Morgan fingerprint density at radius 1 is 1.00 bits per heavy atom. The van der Waals surface area contributed by atoms with Crippen molar-refractivity contribution in [2.24, 2.45) is 0 Å². The summed E-state index contributed by atoms with van der Waals surface area (Å²) in [7, 11) is -3.58. The molecule has 0 radical (unpaired) electrons. The van der Waals surface area contributed by atoms with E-state index in [0.717, 1.165) is 41.6 Å². The summed E-state index contributed by atoms with van der Waals surface area (Å²) in [4.78, 5) is 13.3. The first kappa shape index (κ1) is 21.5. The van der Waals surface area contributed by atoms with E-state index in [0.29, 0.717) is 18.7 Å². The van der Waals surface area contributed by atoms with Crippen molar-refractivity contribution >= 4 is 21.6 Å². The summed E-state index contributed by atoms with van der Waals surface area (Å²) < 4.78 is 27.6. The molecule has 0 saturated carbocycles. The fourth-order valence-electron chi connectivity index (χ4n) is 3.78. The van der Waals surface area contributed by atoms with Crippen LogP contribution in [0, 0.1) is 13.8 Å². The quantitative estimate of drug-likeness (QED) is 0.760. The molecule has 6 heteroatoms. The minimum absolute atomic E-state index is 0.184. The predicted molar refractivity (Wildman–Crippen MR) is 117 cm³/mol. The zero-order valence-corrected chi connectivity index (χ0v) is 18.5. The molecule has 1 aliphatic heterocycles. The Labute approximate surface area is 174 Å². The highest BCUT2D eigenvalue weighted by molar-refractivity contribution is 7.89. The molecule has 1 amide bonds. The van der Waals surface area contributed by atoms with Gasteiger partial charge in [-0.05, 0) is 61.4 Å². The normalized spacial score (nSPS) is 15.5. The first-order valence-electron chi connectivity index (χ1n) is 10.2. The van der Waals surface area contributed by atoms with Crippen LogP contribution >= 0.6 is 0 Å². The number of nitrogens with one attached hydrogen (secondary N) is 1. The topological polar surface area (TPSA) is 66.5 Å². The van der Waals surface area contributed by atoms with E-state index < -0.39 is 10.0 Å². The highest BCUT2D eigenvalue weighted by atomic mass is 32.2. The van der Waals surface area contributed by atoms with E-state index in [9.17, 15) is 13.2 Å². The van der Waals surface area contributed by atoms with Gasteiger partial charge in [0, 0.05) is 24.3 Å². The second-order valence-electron chi connectivity index (χ2n) is 8.09. The minimum Gasteiger partial charge on any atom is -0.321 e. The summed E-state index contributed by atoms with van der Waals surface area (Å²) in [5.41, 5.74) is 3.99. The van der Waals surface area contributed by atoms with Gasteiger partial charge in [0.15, 0.2) is 0 Å². The van der Waals surface area contributed by atoms with Gasteiger partial charge in [-0.1, -0.05) is 44.5 Å². The Morgan fingerprint density at radius 2 is 1.69 bits per heavy atom. The fourth-order valence-corrected chi connectivity index (χ4v) is 5.33. The number of piperidine rings is 1. The smallest absolute Gasteiger partial charge is 0.255 e. The van der Waals surface area contributed by atoms with Crippen LogP contribution in [0.2, 0.25) is 0 Å². The maximum atomic E-state index is 13.1. The van der Waals surface area contributed by atoms with E-state index >= 15 is 0 Å². The zero-order chi connectivity index (χ0) is 21.2. The molecule has 29 heavy (non-hydrogen) atoms. The Balaban J connectivity index is 1.94. The number of aryl methyl sites for hydroxylation is 2. The molecule has 0 bridgehead atoms. The maximum Gasteiger partial charge on any atom is 0.255 e. The Kier molecular flexibility index (Phi) is 6.44. The van der Waals surface area contributed by atoms with Crippen LogP contribution in [-0.2, 0) is 10.0 Å². The molecule has 2 aromatic rings. The van der Waals surface area contributed by atoms with Crippen LogP contribution in [-0.4, -0.2) is 31.7 Å². The van der Waals surface area contributed by atoms with E-state index in [1.54, 1.807) is 12.1 Å². The van der Waals surface area contributed by atoms with Crippen molar-refractivity contribution in [3.8, 4) is 0 Å². The maximum absolute atomic E-state index is 13.1. The van der Waals surface area contributed by atoms with Crippen molar-refractivity contribution < 1.29 is 13.2 Å². The third kappa shape index (κ3) is 4.54. The monoisotopic (exact) mass is 414 g/mol. The van der Waals surface area contributed by atoms with E-state index in [-0.39, 0.29) is 16.7 Å². The van der Waals surface area contributed by atoms with Crippen LogP contribution in [0.15, 0.2) is 41.3 Å². The number of hydrogen-bond acceptors (Lipinski definition) is 3. The lowest BCUT2D eigenvalue weighted by atomic mass is 9.97. The molecular formula is C23H30N2O3S. The molecule has 1 aliphatic rings. The Bertz CT molecular complexity index is 1010. The number of nitrogens with zero attached hydrogens (tertiary/aromatic N) is 1. The van der Waals surface area contributed by atoms with Gasteiger partial charge >= 0.3 is 0 Å². The van der Waals surface area contributed by atoms with Crippen LogP contribution in [0.5, 0.6) is 0 Å². The lowest BCUT2D eigenvalue weighted by Gasteiger charge is -2.26. The average Bonchev–Trinajstić information content (AvgIpc) is 2.70. The van der Waals surface area contributed by atoms with E-state index in [1.165, 1.54) is 10.4 Å². The Morgan fingerprint density at radius 3 is 2.34 bits per heavy atom. The van der Waals surface area contributed by atoms with E-state index in [2.05, 4.69) is 19.2 Å². The number of carbonyl (C=O) groups is 1. The molecule has 1 heterocycles. The van der Waals surface area contributed by atoms with Crippen molar-refractivity contribution in [2.75, 3.05) is 18.4 Å². The van der Waals surface area contributed by atoms with Gasteiger partial charge in [0.05, 0.1) is 4.90 Å². The molecule has 1 N–H and O–H groups in total. The summed E-state index contributed by atoms with van der Waals surface area (Å²) in [5.74, 6) is -0.0218. The number of benzene rings is 2. The average molecular weight is 415 g/mol. The molecule has 2 aromatic carbocycles. The molecule has 0 unspecified atom stereocenters. The number of para-hydroxylation sites is 1. The molecule has 1 saturated heterocycles. The van der Waals surface area contributed by atoms with Gasteiger partial charge in [0.25, 0.3) is 5.91 Å². The molecule has 0 atom stereocenters. The first-order chi connectivity index (χ1) is 13.7. The van der Waals surface area contributed by atoms with E-state index in [4.69, 9.17) is 0 Å². The lowest BCUT2D eigenvalue weighted by molar-refractivity contribution is 0.102.